The van der Waals surface area contributed by atoms with Crippen molar-refractivity contribution in [3.63, 3.8) is 0 Å². The minimum absolute atomic E-state index is 0.0104. The summed E-state index contributed by atoms with van der Waals surface area (Å²) in [6.45, 7) is 4.81. The van der Waals surface area contributed by atoms with Gasteiger partial charge in [0.15, 0.2) is 0 Å². The zero-order chi connectivity index (χ0) is 50.7. The summed E-state index contributed by atoms with van der Waals surface area (Å²) in [5.41, 5.74) is 4.29. The summed E-state index contributed by atoms with van der Waals surface area (Å²) in [5.74, 6) is 0.388. The van der Waals surface area contributed by atoms with Gasteiger partial charge in [-0.25, -0.2) is 0 Å². The van der Waals surface area contributed by atoms with Gasteiger partial charge in [0.1, 0.15) is 29.9 Å². The van der Waals surface area contributed by atoms with Gasteiger partial charge in [0.05, 0.1) is 23.2 Å². The Labute approximate surface area is 433 Å². The number of ether oxygens (including phenoxy) is 3. The van der Waals surface area contributed by atoms with Crippen LogP contribution in [0.4, 0.5) is 5.69 Å². The molecule has 384 valence electrons. The van der Waals surface area contributed by atoms with Crippen molar-refractivity contribution in [3.05, 3.63) is 160 Å². The van der Waals surface area contributed by atoms with Crippen LogP contribution in [-0.4, -0.2) is 69.6 Å². The molecule has 0 saturated heterocycles. The zero-order valence-electron chi connectivity index (χ0n) is 41.9. The fourth-order valence-electron chi connectivity index (χ4n) is 12.1. The van der Waals surface area contributed by atoms with Gasteiger partial charge in [0.2, 0.25) is 11.7 Å². The van der Waals surface area contributed by atoms with Gasteiger partial charge < -0.3 is 34.2 Å². The summed E-state index contributed by atoms with van der Waals surface area (Å²) >= 11 is 1.67. The van der Waals surface area contributed by atoms with E-state index in [1.165, 1.54) is 25.0 Å². The number of unbranched alkanes of at least 4 members (excludes halogenated alkanes) is 2. The molecule has 73 heavy (non-hydrogen) atoms. The summed E-state index contributed by atoms with van der Waals surface area (Å²) in [4.78, 5) is 36.2. The highest BCUT2D eigenvalue weighted by Crippen LogP contribution is 2.62. The van der Waals surface area contributed by atoms with Gasteiger partial charge in [0, 0.05) is 61.1 Å². The van der Waals surface area contributed by atoms with Gasteiger partial charge in [-0.1, -0.05) is 98.3 Å². The summed E-state index contributed by atoms with van der Waals surface area (Å²) in [6, 6.07) is 34.2. The van der Waals surface area contributed by atoms with Crippen molar-refractivity contribution in [2.24, 2.45) is 28.8 Å². The van der Waals surface area contributed by atoms with E-state index in [2.05, 4.69) is 49.1 Å². The quantitative estimate of drug-likeness (QED) is 0.0201. The molecule has 5 aromatic carbocycles. The van der Waals surface area contributed by atoms with E-state index in [0.717, 1.165) is 82.9 Å². The first kappa shape index (κ1) is 51.9. The van der Waals surface area contributed by atoms with E-state index in [4.69, 9.17) is 24.2 Å². The lowest BCUT2D eigenvalue weighted by Crippen LogP contribution is -2.70. The number of carbonyl (C=O) groups is 1. The van der Waals surface area contributed by atoms with E-state index in [-0.39, 0.29) is 62.2 Å². The van der Waals surface area contributed by atoms with E-state index in [9.17, 15) is 20.3 Å². The molecule has 6 atom stereocenters. The third-order valence-corrected chi connectivity index (χ3v) is 16.4. The lowest BCUT2D eigenvalue weighted by molar-refractivity contribution is -0.384. The van der Waals surface area contributed by atoms with Crippen molar-refractivity contribution in [3.8, 4) is 17.2 Å². The van der Waals surface area contributed by atoms with Gasteiger partial charge >= 0.3 is 0 Å². The Morgan fingerprint density at radius 2 is 1.66 bits per heavy atom. The third kappa shape index (κ3) is 11.7. The van der Waals surface area contributed by atoms with Crippen molar-refractivity contribution >= 4 is 39.8 Å². The number of hydrogen-bond acceptors (Lipinski definition) is 11. The molecule has 1 amide bonds. The van der Waals surface area contributed by atoms with Crippen LogP contribution in [0.3, 0.4) is 0 Å². The number of nitrogens with zero attached hydrogens (tertiary/aromatic N) is 3. The van der Waals surface area contributed by atoms with Crippen LogP contribution in [0.5, 0.6) is 17.2 Å². The van der Waals surface area contributed by atoms with Crippen molar-refractivity contribution in [2.75, 3.05) is 26.1 Å². The molecule has 2 saturated carbocycles. The Morgan fingerprint density at radius 1 is 0.918 bits per heavy atom. The van der Waals surface area contributed by atoms with Crippen LogP contribution < -0.4 is 9.47 Å². The Morgan fingerprint density at radius 3 is 2.40 bits per heavy atom. The summed E-state index contributed by atoms with van der Waals surface area (Å²) in [6.07, 6.45) is 16.6. The Bertz CT molecular complexity index is 2750. The molecule has 0 unspecified atom stereocenters. The van der Waals surface area contributed by atoms with Crippen LogP contribution in [0, 0.1) is 33.8 Å². The second kappa shape index (κ2) is 24.4. The molecule has 0 radical (unpaired) electrons. The van der Waals surface area contributed by atoms with Crippen LogP contribution in [-0.2, 0) is 27.5 Å². The second-order valence-corrected chi connectivity index (χ2v) is 21.0. The van der Waals surface area contributed by atoms with Crippen molar-refractivity contribution in [1.82, 2.24) is 4.90 Å². The minimum atomic E-state index is -1.44. The predicted octanol–water partition coefficient (Wildman–Crippen LogP) is 13.1. The molecule has 12 nitrogen and oxygen atoms in total. The predicted molar refractivity (Wildman–Crippen MR) is 287 cm³/mol. The molecule has 9 rings (SSSR count). The normalized spacial score (nSPS) is 22.8. The van der Waals surface area contributed by atoms with Crippen LogP contribution in [0.2, 0.25) is 0 Å². The number of non-ortho nitro benzene ring substituents is 1. The number of amides is 1. The molecule has 13 heteroatoms. The largest absolute Gasteiger partial charge is 0.459 e. The molecule has 1 aliphatic heterocycles. The number of allylic oxidation sites excluding steroid dienone is 1. The second-order valence-electron chi connectivity index (χ2n) is 20.1. The molecule has 0 bridgehead atoms. The zero-order valence-corrected chi connectivity index (χ0v) is 42.8. The highest BCUT2D eigenvalue weighted by molar-refractivity contribution is 7.98. The first-order chi connectivity index (χ1) is 35.7. The number of hydrogen-bond donors (Lipinski definition) is 2. The lowest BCUT2D eigenvalue weighted by Gasteiger charge is -2.60. The molecule has 0 aromatic heterocycles. The standard InChI is InChI=1S/C60H69N3O9S/c1-3-35-69-60-56(62(57(66)32-23-41-13-4-5-14-41)39-45-18-12-17-43-15-6-7-19-50(43)45)38-54(61-70-40-42-21-24-46(25-22-42)63(67)68)52-36-44(16-8-10-33-64)51(20-9-11-34-65)58(59(52)60)53-37-48(28-31-55(53)72-60)71-47-26-29-49(73-2)30-27-47/h3,6-7,12,15,17-19,21-22,24-31,36-37,41,44,51,56,58-59,64-65H,1,4-5,8-11,13-14,16,20,23,32-35,38-40H2,2H3/t44-,51+,56-,58+,59+,60+/m0/s1. The van der Waals surface area contributed by atoms with Crippen molar-refractivity contribution < 1.29 is 39.0 Å². The number of nitro groups is 1. The Balaban J connectivity index is 1.24. The molecule has 4 aliphatic rings. The molecule has 0 spiro atoms. The van der Waals surface area contributed by atoms with Gasteiger partial charge in [-0.05, 0) is 138 Å². The fourth-order valence-corrected chi connectivity index (χ4v) is 12.6. The van der Waals surface area contributed by atoms with Crippen LogP contribution >= 0.6 is 11.8 Å². The molecular weight excluding hydrogens is 939 g/mol. The van der Waals surface area contributed by atoms with E-state index in [0.29, 0.717) is 54.7 Å². The van der Waals surface area contributed by atoms with E-state index in [1.54, 1.807) is 30.0 Å². The van der Waals surface area contributed by atoms with Crippen LogP contribution in [0.15, 0.2) is 144 Å². The average Bonchev–Trinajstić information content (AvgIpc) is 3.95. The number of fused-ring (bicyclic) bond motifs is 3. The highest BCUT2D eigenvalue weighted by atomic mass is 32.2. The number of rotatable bonds is 24. The lowest BCUT2D eigenvalue weighted by atomic mass is 9.55. The number of thioether (sulfide) groups is 1. The minimum Gasteiger partial charge on any atom is -0.459 e. The number of benzene rings is 5. The highest BCUT2D eigenvalue weighted by Gasteiger charge is 2.65. The first-order valence-corrected chi connectivity index (χ1v) is 27.5. The van der Waals surface area contributed by atoms with E-state index < -0.39 is 22.7 Å². The maximum atomic E-state index is 15.6. The van der Waals surface area contributed by atoms with Crippen LogP contribution in [0.25, 0.3) is 10.8 Å². The van der Waals surface area contributed by atoms with E-state index in [1.807, 2.05) is 59.7 Å². The van der Waals surface area contributed by atoms with Gasteiger partial charge in [-0.3, -0.25) is 14.9 Å². The van der Waals surface area contributed by atoms with Crippen LogP contribution in [0.1, 0.15) is 106 Å². The number of aliphatic hydroxyl groups is 2. The van der Waals surface area contributed by atoms with Gasteiger partial charge in [-0.15, -0.1) is 18.3 Å². The molecule has 1 heterocycles. The Hall–Kier alpha value is -5.99. The SMILES string of the molecule is C=CCO[C@@]12Oc3ccc(Oc4ccc(SC)cc4)cc3[C@H]3[C@H](CCCCO)[C@@H](CCCCO)C=C(C(=NOCc4ccc([N+](=O)[O-])cc4)C[C@@H]1N(Cc1cccc4ccccc14)C(=O)CCC1CCCC1)[C@H]32. The summed E-state index contributed by atoms with van der Waals surface area (Å²) in [5, 5.41) is 39.0. The third-order valence-electron chi connectivity index (χ3n) is 15.7. The number of carbonyl (C=O) groups excluding carboxylic acids is 1. The topological polar surface area (TPSA) is 153 Å². The number of nitro benzene ring substituents is 1. The van der Waals surface area contributed by atoms with Gasteiger partial charge in [0.25, 0.3) is 5.69 Å². The smallest absolute Gasteiger partial charge is 0.269 e. The molecule has 5 aromatic rings. The average molecular weight is 1010 g/mol. The molecular formula is C60H69N3O9S. The first-order valence-electron chi connectivity index (χ1n) is 26.2. The fraction of sp³-hybridized carbons (Fsp3) is 0.433. The Kier molecular flexibility index (Phi) is 17.3. The summed E-state index contributed by atoms with van der Waals surface area (Å²) in [7, 11) is 0. The number of oxime groups is 1. The molecule has 3 aliphatic carbocycles. The maximum Gasteiger partial charge on any atom is 0.269 e. The molecule has 2 N–H and O–H groups in total. The van der Waals surface area contributed by atoms with Gasteiger partial charge in [-0.2, -0.15) is 0 Å². The monoisotopic (exact) mass is 1010 g/mol. The van der Waals surface area contributed by atoms with E-state index >= 15 is 4.79 Å². The maximum absolute atomic E-state index is 15.6. The number of aliphatic hydroxyl groups excluding tert-OH is 2. The summed E-state index contributed by atoms with van der Waals surface area (Å²) < 4.78 is 21.6. The van der Waals surface area contributed by atoms with Crippen molar-refractivity contribution in [1.29, 1.82) is 0 Å². The van der Waals surface area contributed by atoms with Crippen molar-refractivity contribution in [2.45, 2.75) is 119 Å². The molecule has 2 fully saturated rings.